The number of rotatable bonds is 9. The summed E-state index contributed by atoms with van der Waals surface area (Å²) < 4.78 is 7.16. The number of hydrogen-bond acceptors (Lipinski definition) is 3. The first-order valence-electron chi connectivity index (χ1n) is 9.92. The Labute approximate surface area is 174 Å². The van der Waals surface area contributed by atoms with Gasteiger partial charge < -0.3 is 19.1 Å². The topological polar surface area (TPSA) is 54.8 Å². The SMILES string of the molecule is COCCN(CC(=O)N(Cc1ccccc1)Cc1cccn1C)C(=O)C(C)(C)C. The van der Waals surface area contributed by atoms with Gasteiger partial charge in [0.1, 0.15) is 0 Å². The maximum absolute atomic E-state index is 13.3. The first-order chi connectivity index (χ1) is 13.7. The molecule has 0 aliphatic heterocycles. The number of ether oxygens (including phenoxy) is 1. The molecule has 0 saturated carbocycles. The molecule has 1 aromatic heterocycles. The monoisotopic (exact) mass is 399 g/mol. The average molecular weight is 400 g/mol. The van der Waals surface area contributed by atoms with Gasteiger partial charge in [-0.15, -0.1) is 0 Å². The number of hydrogen-bond donors (Lipinski definition) is 0. The van der Waals surface area contributed by atoms with E-state index in [4.69, 9.17) is 4.74 Å². The van der Waals surface area contributed by atoms with Crippen LogP contribution in [-0.2, 0) is 34.5 Å². The summed E-state index contributed by atoms with van der Waals surface area (Å²) in [5.41, 5.74) is 1.54. The Morgan fingerprint density at radius 2 is 1.69 bits per heavy atom. The van der Waals surface area contributed by atoms with Crippen molar-refractivity contribution in [2.75, 3.05) is 26.8 Å². The van der Waals surface area contributed by atoms with Crippen molar-refractivity contribution in [3.63, 3.8) is 0 Å². The van der Waals surface area contributed by atoms with Crippen molar-refractivity contribution in [3.05, 3.63) is 59.9 Å². The van der Waals surface area contributed by atoms with Crippen LogP contribution in [0.5, 0.6) is 0 Å². The summed E-state index contributed by atoms with van der Waals surface area (Å²) in [5.74, 6) is -0.134. The van der Waals surface area contributed by atoms with Crippen molar-refractivity contribution in [2.45, 2.75) is 33.9 Å². The van der Waals surface area contributed by atoms with Gasteiger partial charge in [0.25, 0.3) is 0 Å². The van der Waals surface area contributed by atoms with E-state index in [1.165, 1.54) is 0 Å². The van der Waals surface area contributed by atoms with Crippen LogP contribution in [0, 0.1) is 5.41 Å². The molecule has 0 bridgehead atoms. The summed E-state index contributed by atoms with van der Waals surface area (Å²) in [7, 11) is 3.56. The molecule has 0 radical (unpaired) electrons. The van der Waals surface area contributed by atoms with Crippen molar-refractivity contribution < 1.29 is 14.3 Å². The zero-order valence-corrected chi connectivity index (χ0v) is 18.2. The quantitative estimate of drug-likeness (QED) is 0.651. The summed E-state index contributed by atoms with van der Waals surface area (Å²) in [4.78, 5) is 29.5. The predicted octanol–water partition coefficient (Wildman–Crippen LogP) is 3.08. The molecule has 2 amide bonds. The van der Waals surface area contributed by atoms with Crippen LogP contribution in [0.2, 0.25) is 0 Å². The Hall–Kier alpha value is -2.60. The van der Waals surface area contributed by atoms with Gasteiger partial charge in [-0.25, -0.2) is 0 Å². The van der Waals surface area contributed by atoms with Gasteiger partial charge in [-0.05, 0) is 17.7 Å². The van der Waals surface area contributed by atoms with E-state index < -0.39 is 5.41 Å². The van der Waals surface area contributed by atoms with E-state index in [-0.39, 0.29) is 18.4 Å². The van der Waals surface area contributed by atoms with Crippen LogP contribution in [0.25, 0.3) is 0 Å². The third-order valence-corrected chi connectivity index (χ3v) is 4.79. The van der Waals surface area contributed by atoms with Gasteiger partial charge in [-0.3, -0.25) is 9.59 Å². The van der Waals surface area contributed by atoms with Crippen LogP contribution in [0.1, 0.15) is 32.0 Å². The fourth-order valence-corrected chi connectivity index (χ4v) is 3.08. The standard InChI is InChI=1S/C23H33N3O3/c1-23(2,3)22(28)25(14-15-29-5)18-21(27)26(16-19-10-7-6-8-11-19)17-20-12-9-13-24(20)4/h6-13H,14-18H2,1-5H3. The minimum Gasteiger partial charge on any atom is -0.383 e. The molecule has 0 unspecified atom stereocenters. The molecule has 0 N–H and O–H groups in total. The molecule has 6 heteroatoms. The Morgan fingerprint density at radius 1 is 1.00 bits per heavy atom. The molecule has 0 saturated heterocycles. The Balaban J connectivity index is 2.21. The highest BCUT2D eigenvalue weighted by Gasteiger charge is 2.29. The van der Waals surface area contributed by atoms with Gasteiger partial charge >= 0.3 is 0 Å². The highest BCUT2D eigenvalue weighted by molar-refractivity contribution is 5.87. The van der Waals surface area contributed by atoms with Crippen LogP contribution in [0.4, 0.5) is 0 Å². The second kappa shape index (κ2) is 10.3. The second-order valence-corrected chi connectivity index (χ2v) is 8.32. The van der Waals surface area contributed by atoms with Crippen LogP contribution < -0.4 is 0 Å². The summed E-state index contributed by atoms with van der Waals surface area (Å²) in [6.45, 7) is 7.40. The molecule has 0 aliphatic rings. The number of carbonyl (C=O) groups is 2. The van der Waals surface area contributed by atoms with Gasteiger partial charge in [-0.1, -0.05) is 51.1 Å². The number of aryl methyl sites for hydroxylation is 1. The minimum atomic E-state index is -0.559. The van der Waals surface area contributed by atoms with E-state index in [2.05, 4.69) is 0 Å². The normalized spacial score (nSPS) is 11.3. The maximum Gasteiger partial charge on any atom is 0.242 e. The first kappa shape index (κ1) is 22.7. The average Bonchev–Trinajstić information content (AvgIpc) is 3.08. The van der Waals surface area contributed by atoms with E-state index in [1.807, 2.05) is 81.0 Å². The van der Waals surface area contributed by atoms with Gasteiger partial charge in [0.2, 0.25) is 11.8 Å². The fraction of sp³-hybridized carbons (Fsp3) is 0.478. The van der Waals surface area contributed by atoms with Crippen LogP contribution in [0.15, 0.2) is 48.7 Å². The van der Waals surface area contributed by atoms with Crippen molar-refractivity contribution in [3.8, 4) is 0 Å². The molecule has 1 heterocycles. The molecule has 0 spiro atoms. The smallest absolute Gasteiger partial charge is 0.242 e. The maximum atomic E-state index is 13.3. The zero-order valence-electron chi connectivity index (χ0n) is 18.2. The Bertz CT molecular complexity index is 793. The van der Waals surface area contributed by atoms with Gasteiger partial charge in [0.15, 0.2) is 0 Å². The molecule has 1 aromatic carbocycles. The highest BCUT2D eigenvalue weighted by Crippen LogP contribution is 2.18. The number of nitrogens with zero attached hydrogens (tertiary/aromatic N) is 3. The molecule has 0 fully saturated rings. The molecular formula is C23H33N3O3. The van der Waals surface area contributed by atoms with Gasteiger partial charge in [0, 0.05) is 44.6 Å². The number of amides is 2. The van der Waals surface area contributed by atoms with Crippen LogP contribution >= 0.6 is 0 Å². The van der Waals surface area contributed by atoms with Crippen LogP contribution in [0.3, 0.4) is 0 Å². The van der Waals surface area contributed by atoms with Gasteiger partial charge in [-0.2, -0.15) is 0 Å². The van der Waals surface area contributed by atoms with E-state index in [0.29, 0.717) is 26.2 Å². The minimum absolute atomic E-state index is 0.0384. The number of carbonyl (C=O) groups excluding carboxylic acids is 2. The largest absolute Gasteiger partial charge is 0.383 e. The Morgan fingerprint density at radius 3 is 2.24 bits per heavy atom. The van der Waals surface area contributed by atoms with E-state index in [9.17, 15) is 9.59 Å². The molecule has 6 nitrogen and oxygen atoms in total. The molecule has 29 heavy (non-hydrogen) atoms. The summed E-state index contributed by atoms with van der Waals surface area (Å²) in [6.07, 6.45) is 1.97. The van der Waals surface area contributed by atoms with Crippen molar-refractivity contribution in [2.24, 2.45) is 12.5 Å². The van der Waals surface area contributed by atoms with Crippen molar-refractivity contribution in [1.29, 1.82) is 0 Å². The zero-order chi connectivity index (χ0) is 21.4. The number of aromatic nitrogens is 1. The lowest BCUT2D eigenvalue weighted by Crippen LogP contribution is -2.47. The lowest BCUT2D eigenvalue weighted by Gasteiger charge is -2.31. The summed E-state index contributed by atoms with van der Waals surface area (Å²) in [6, 6.07) is 13.9. The molecular weight excluding hydrogens is 366 g/mol. The molecule has 0 aliphatic carbocycles. The molecule has 2 rings (SSSR count). The van der Waals surface area contributed by atoms with E-state index in [1.54, 1.807) is 16.9 Å². The molecule has 158 valence electrons. The second-order valence-electron chi connectivity index (χ2n) is 8.32. The molecule has 2 aromatic rings. The Kier molecular flexibility index (Phi) is 8.02. The number of benzene rings is 1. The summed E-state index contributed by atoms with van der Waals surface area (Å²) >= 11 is 0. The van der Waals surface area contributed by atoms with E-state index in [0.717, 1.165) is 11.3 Å². The van der Waals surface area contributed by atoms with Crippen molar-refractivity contribution in [1.82, 2.24) is 14.4 Å². The third-order valence-electron chi connectivity index (χ3n) is 4.79. The predicted molar refractivity (Wildman–Crippen MR) is 114 cm³/mol. The fourth-order valence-electron chi connectivity index (χ4n) is 3.08. The third kappa shape index (κ3) is 6.75. The first-order valence-corrected chi connectivity index (χ1v) is 9.92. The van der Waals surface area contributed by atoms with Crippen molar-refractivity contribution >= 4 is 11.8 Å². The van der Waals surface area contributed by atoms with Crippen LogP contribution in [-0.4, -0.2) is 53.0 Å². The van der Waals surface area contributed by atoms with E-state index >= 15 is 0 Å². The lowest BCUT2D eigenvalue weighted by molar-refractivity contribution is -0.146. The highest BCUT2D eigenvalue weighted by atomic mass is 16.5. The number of methoxy groups -OCH3 is 1. The molecule has 0 atom stereocenters. The lowest BCUT2D eigenvalue weighted by atomic mass is 9.94. The summed E-state index contributed by atoms with van der Waals surface area (Å²) in [5, 5.41) is 0. The van der Waals surface area contributed by atoms with Gasteiger partial charge in [0.05, 0.1) is 19.7 Å².